The summed E-state index contributed by atoms with van der Waals surface area (Å²) in [4.78, 5) is 11.7. The molecule has 0 spiro atoms. The van der Waals surface area contributed by atoms with Crippen LogP contribution in [0.4, 0.5) is 8.78 Å². The number of carbonyl (C=O) groups is 1. The van der Waals surface area contributed by atoms with E-state index in [0.29, 0.717) is 0 Å². The highest BCUT2D eigenvalue weighted by Crippen LogP contribution is 2.18. The molecular formula is C10H7F2N3O. The molecule has 0 aliphatic rings. The van der Waals surface area contributed by atoms with E-state index >= 15 is 0 Å². The van der Waals surface area contributed by atoms with Crippen LogP contribution in [0.1, 0.15) is 21.6 Å². The summed E-state index contributed by atoms with van der Waals surface area (Å²) in [6, 6.07) is 2.32. The minimum absolute atomic E-state index is 0.122. The summed E-state index contributed by atoms with van der Waals surface area (Å²) >= 11 is 0. The molecule has 0 saturated heterocycles. The molecule has 2 rings (SSSR count). The second-order valence-corrected chi connectivity index (χ2v) is 3.24. The fourth-order valence-electron chi connectivity index (χ4n) is 1.30. The third-order valence-corrected chi connectivity index (χ3v) is 2.16. The molecule has 0 aliphatic carbocycles. The molecule has 1 aromatic carbocycles. The number of carbonyl (C=O) groups excluding carboxylic acids is 1. The van der Waals surface area contributed by atoms with Crippen LogP contribution >= 0.6 is 0 Å². The Kier molecular flexibility index (Phi) is 2.47. The molecule has 1 N–H and O–H groups in total. The van der Waals surface area contributed by atoms with Gasteiger partial charge in [0.25, 0.3) is 0 Å². The Morgan fingerprint density at radius 2 is 2.12 bits per heavy atom. The molecule has 0 radical (unpaired) electrons. The number of aromatic nitrogens is 3. The first-order chi connectivity index (χ1) is 7.61. The van der Waals surface area contributed by atoms with Crippen molar-refractivity contribution in [3.63, 3.8) is 0 Å². The first-order valence-electron chi connectivity index (χ1n) is 4.46. The molecule has 0 fully saturated rings. The molecule has 0 saturated carbocycles. The van der Waals surface area contributed by atoms with Crippen LogP contribution in [0.25, 0.3) is 0 Å². The van der Waals surface area contributed by atoms with E-state index in [1.165, 1.54) is 13.0 Å². The van der Waals surface area contributed by atoms with Crippen LogP contribution < -0.4 is 0 Å². The lowest BCUT2D eigenvalue weighted by molar-refractivity contribution is 0.102. The second-order valence-electron chi connectivity index (χ2n) is 3.24. The van der Waals surface area contributed by atoms with Crippen LogP contribution in [-0.4, -0.2) is 21.2 Å². The van der Waals surface area contributed by atoms with Gasteiger partial charge >= 0.3 is 0 Å². The Hall–Kier alpha value is -2.11. The quantitative estimate of drug-likeness (QED) is 0.787. The first-order valence-corrected chi connectivity index (χ1v) is 4.46. The molecule has 1 heterocycles. The van der Waals surface area contributed by atoms with Gasteiger partial charge in [-0.25, -0.2) is 8.78 Å². The third kappa shape index (κ3) is 1.58. The fraction of sp³-hybridized carbons (Fsp3) is 0.100. The van der Waals surface area contributed by atoms with Gasteiger partial charge in [0.15, 0.2) is 5.69 Å². The van der Waals surface area contributed by atoms with Gasteiger partial charge in [-0.1, -0.05) is 6.07 Å². The lowest BCUT2D eigenvalue weighted by atomic mass is 10.0. The van der Waals surface area contributed by atoms with Crippen LogP contribution in [0.5, 0.6) is 0 Å². The van der Waals surface area contributed by atoms with Crippen molar-refractivity contribution in [2.75, 3.05) is 0 Å². The highest BCUT2D eigenvalue weighted by atomic mass is 19.1. The van der Waals surface area contributed by atoms with Gasteiger partial charge in [-0.15, -0.1) is 0 Å². The number of hydrogen-bond donors (Lipinski definition) is 1. The number of hydrogen-bond acceptors (Lipinski definition) is 3. The predicted octanol–water partition coefficient (Wildman–Crippen LogP) is 1.62. The van der Waals surface area contributed by atoms with Crippen molar-refractivity contribution < 1.29 is 13.6 Å². The normalized spacial score (nSPS) is 10.4. The van der Waals surface area contributed by atoms with E-state index in [0.717, 1.165) is 12.3 Å². The zero-order valence-corrected chi connectivity index (χ0v) is 8.29. The fourth-order valence-corrected chi connectivity index (χ4v) is 1.30. The van der Waals surface area contributed by atoms with Crippen molar-refractivity contribution in [1.29, 1.82) is 0 Å². The Labute approximate surface area is 89.3 Å². The van der Waals surface area contributed by atoms with Gasteiger partial charge in [0, 0.05) is 0 Å². The summed E-state index contributed by atoms with van der Waals surface area (Å²) in [5.74, 6) is -2.60. The van der Waals surface area contributed by atoms with Crippen LogP contribution in [0.2, 0.25) is 0 Å². The summed E-state index contributed by atoms with van der Waals surface area (Å²) in [5.41, 5.74) is -0.523. The van der Waals surface area contributed by atoms with Crippen LogP contribution in [0, 0.1) is 18.6 Å². The Morgan fingerprint density at radius 1 is 1.38 bits per heavy atom. The third-order valence-electron chi connectivity index (χ3n) is 2.16. The number of benzene rings is 1. The summed E-state index contributed by atoms with van der Waals surface area (Å²) in [6.45, 7) is 1.45. The van der Waals surface area contributed by atoms with Gasteiger partial charge in [-0.3, -0.25) is 4.79 Å². The van der Waals surface area contributed by atoms with Crippen molar-refractivity contribution in [3.05, 3.63) is 46.8 Å². The van der Waals surface area contributed by atoms with Gasteiger partial charge in [-0.2, -0.15) is 15.4 Å². The number of ketones is 1. The van der Waals surface area contributed by atoms with Crippen LogP contribution in [0.3, 0.4) is 0 Å². The minimum atomic E-state index is -0.906. The number of nitrogens with zero attached hydrogens (tertiary/aromatic N) is 2. The molecular weight excluding hydrogens is 216 g/mol. The molecule has 6 heteroatoms. The Balaban J connectivity index is 2.56. The van der Waals surface area contributed by atoms with E-state index in [4.69, 9.17) is 0 Å². The van der Waals surface area contributed by atoms with Gasteiger partial charge in [0.05, 0.1) is 11.8 Å². The van der Waals surface area contributed by atoms with E-state index in [9.17, 15) is 13.6 Å². The Bertz CT molecular complexity index is 537. The maximum atomic E-state index is 13.6. The minimum Gasteiger partial charge on any atom is -0.286 e. The number of nitrogens with one attached hydrogen (secondary N) is 1. The molecule has 0 atom stereocenters. The number of rotatable bonds is 2. The van der Waals surface area contributed by atoms with E-state index in [-0.39, 0.29) is 11.3 Å². The predicted molar refractivity (Wildman–Crippen MR) is 50.9 cm³/mol. The summed E-state index contributed by atoms with van der Waals surface area (Å²) < 4.78 is 26.9. The summed E-state index contributed by atoms with van der Waals surface area (Å²) in [5, 5.41) is 9.10. The number of halogens is 2. The van der Waals surface area contributed by atoms with Crippen molar-refractivity contribution in [1.82, 2.24) is 15.4 Å². The number of H-pyrrole nitrogens is 1. The zero-order chi connectivity index (χ0) is 11.7. The molecule has 4 nitrogen and oxygen atoms in total. The lowest BCUT2D eigenvalue weighted by Gasteiger charge is -2.03. The average Bonchev–Trinajstić information content (AvgIpc) is 2.77. The van der Waals surface area contributed by atoms with E-state index in [1.807, 2.05) is 0 Å². The SMILES string of the molecule is Cc1ccc(F)c(C(=O)c2cn[nH]n2)c1F. The van der Waals surface area contributed by atoms with Gasteiger partial charge in [-0.05, 0) is 18.6 Å². The number of aryl methyl sites for hydroxylation is 1. The van der Waals surface area contributed by atoms with Crippen molar-refractivity contribution in [3.8, 4) is 0 Å². The van der Waals surface area contributed by atoms with Gasteiger partial charge in [0.1, 0.15) is 11.6 Å². The smallest absolute Gasteiger partial charge is 0.220 e. The topological polar surface area (TPSA) is 58.6 Å². The first kappa shape index (κ1) is 10.4. The Morgan fingerprint density at radius 3 is 2.75 bits per heavy atom. The lowest BCUT2D eigenvalue weighted by Crippen LogP contribution is -2.09. The van der Waals surface area contributed by atoms with Crippen LogP contribution in [0.15, 0.2) is 18.3 Å². The molecule has 82 valence electrons. The van der Waals surface area contributed by atoms with Crippen molar-refractivity contribution >= 4 is 5.78 Å². The van der Waals surface area contributed by atoms with Crippen molar-refractivity contribution in [2.45, 2.75) is 6.92 Å². The maximum Gasteiger partial charge on any atom is 0.220 e. The highest BCUT2D eigenvalue weighted by molar-refractivity contribution is 6.07. The molecule has 0 unspecified atom stereocenters. The van der Waals surface area contributed by atoms with Crippen LogP contribution in [-0.2, 0) is 0 Å². The molecule has 0 bridgehead atoms. The zero-order valence-electron chi connectivity index (χ0n) is 8.29. The summed E-state index contributed by atoms with van der Waals surface area (Å²) in [6.07, 6.45) is 1.11. The molecule has 0 aliphatic heterocycles. The van der Waals surface area contributed by atoms with E-state index in [1.54, 1.807) is 0 Å². The van der Waals surface area contributed by atoms with E-state index < -0.39 is 23.0 Å². The second kappa shape index (κ2) is 3.80. The monoisotopic (exact) mass is 223 g/mol. The maximum absolute atomic E-state index is 13.6. The summed E-state index contributed by atoms with van der Waals surface area (Å²) in [7, 11) is 0. The number of aromatic amines is 1. The molecule has 16 heavy (non-hydrogen) atoms. The molecule has 0 amide bonds. The standard InChI is InChI=1S/C10H7F2N3O/c1-5-2-3-6(11)8(9(5)12)10(16)7-4-13-15-14-7/h2-4H,1H3,(H,13,14,15). The average molecular weight is 223 g/mol. The van der Waals surface area contributed by atoms with Gasteiger partial charge < -0.3 is 0 Å². The van der Waals surface area contributed by atoms with Gasteiger partial charge in [0.2, 0.25) is 5.78 Å². The molecule has 1 aromatic heterocycles. The van der Waals surface area contributed by atoms with Crippen molar-refractivity contribution in [2.24, 2.45) is 0 Å². The highest BCUT2D eigenvalue weighted by Gasteiger charge is 2.22. The van der Waals surface area contributed by atoms with E-state index in [2.05, 4.69) is 15.4 Å². The largest absolute Gasteiger partial charge is 0.286 e. The molecule has 2 aromatic rings.